The Hall–Kier alpha value is -1.82. The van der Waals surface area contributed by atoms with Gasteiger partial charge >= 0.3 is 0 Å². The van der Waals surface area contributed by atoms with Crippen molar-refractivity contribution in [2.75, 3.05) is 26.2 Å². The van der Waals surface area contributed by atoms with E-state index in [2.05, 4.69) is 10.3 Å². The number of pyridine rings is 1. The lowest BCUT2D eigenvalue weighted by Crippen LogP contribution is -2.50. The molecule has 2 heterocycles. The van der Waals surface area contributed by atoms with Crippen LogP contribution in [0.15, 0.2) is 42.7 Å². The van der Waals surface area contributed by atoms with Gasteiger partial charge in [-0.15, -0.1) is 0 Å². The molecule has 1 aromatic heterocycles. The van der Waals surface area contributed by atoms with E-state index in [1.54, 1.807) is 30.6 Å². The molecule has 126 valence electrons. The molecule has 1 atom stereocenters. The predicted molar refractivity (Wildman–Crippen MR) is 93.5 cm³/mol. The first kappa shape index (κ1) is 17.0. The number of halogens is 2. The number of nitrogens with one attached hydrogen (secondary N) is 1. The maximum atomic E-state index is 12.6. The Morgan fingerprint density at radius 1 is 1.38 bits per heavy atom. The van der Waals surface area contributed by atoms with Crippen molar-refractivity contribution in [3.8, 4) is 5.75 Å². The number of piperazine rings is 1. The zero-order chi connectivity index (χ0) is 16.9. The summed E-state index contributed by atoms with van der Waals surface area (Å²) in [5.74, 6) is 0.312. The molecule has 1 aliphatic rings. The fraction of sp³-hybridized carbons (Fsp3) is 0.294. The number of ether oxygens (including phenoxy) is 1. The van der Waals surface area contributed by atoms with Crippen LogP contribution in [-0.4, -0.2) is 42.0 Å². The summed E-state index contributed by atoms with van der Waals surface area (Å²) in [5.41, 5.74) is 0.999. The van der Waals surface area contributed by atoms with Gasteiger partial charge in [-0.1, -0.05) is 29.3 Å². The van der Waals surface area contributed by atoms with Gasteiger partial charge in [-0.3, -0.25) is 9.78 Å². The van der Waals surface area contributed by atoms with Gasteiger partial charge in [0.2, 0.25) is 0 Å². The van der Waals surface area contributed by atoms with E-state index >= 15 is 0 Å². The molecule has 5 nitrogen and oxygen atoms in total. The molecule has 2 aromatic rings. The molecule has 1 amide bonds. The summed E-state index contributed by atoms with van der Waals surface area (Å²) >= 11 is 12.0. The lowest BCUT2D eigenvalue weighted by molar-refractivity contribution is -0.136. The van der Waals surface area contributed by atoms with Gasteiger partial charge in [0.25, 0.3) is 5.91 Å². The van der Waals surface area contributed by atoms with Gasteiger partial charge in [-0.05, 0) is 23.8 Å². The van der Waals surface area contributed by atoms with Crippen LogP contribution in [0, 0.1) is 0 Å². The molecule has 7 heteroatoms. The molecule has 1 N–H and O–H groups in total. The average molecular weight is 366 g/mol. The van der Waals surface area contributed by atoms with Crippen LogP contribution < -0.4 is 10.1 Å². The smallest absolute Gasteiger partial charge is 0.261 e. The molecule has 0 spiro atoms. The standard InChI is InChI=1S/C17H17Cl2N3O2/c18-13-3-4-14(19)16(8-13)24-11-17(23)22-7-6-21-10-15(22)12-2-1-5-20-9-12/h1-5,8-9,15,21H,6-7,10-11H2. The highest BCUT2D eigenvalue weighted by molar-refractivity contribution is 6.34. The van der Waals surface area contributed by atoms with Crippen LogP contribution in [0.5, 0.6) is 5.75 Å². The highest BCUT2D eigenvalue weighted by Gasteiger charge is 2.28. The first-order valence-corrected chi connectivity index (χ1v) is 8.38. The van der Waals surface area contributed by atoms with E-state index in [0.717, 1.165) is 12.1 Å². The maximum absolute atomic E-state index is 12.6. The quantitative estimate of drug-likeness (QED) is 0.904. The van der Waals surface area contributed by atoms with E-state index in [-0.39, 0.29) is 18.6 Å². The third kappa shape index (κ3) is 3.98. The van der Waals surface area contributed by atoms with Crippen molar-refractivity contribution in [2.45, 2.75) is 6.04 Å². The molecule has 0 aliphatic carbocycles. The highest BCUT2D eigenvalue weighted by Crippen LogP contribution is 2.28. The largest absolute Gasteiger partial charge is 0.482 e. The molecule has 1 aliphatic heterocycles. The number of aromatic nitrogens is 1. The van der Waals surface area contributed by atoms with Crippen LogP contribution >= 0.6 is 23.2 Å². The zero-order valence-electron chi connectivity index (χ0n) is 12.9. The fourth-order valence-corrected chi connectivity index (χ4v) is 3.02. The summed E-state index contributed by atoms with van der Waals surface area (Å²) in [6.07, 6.45) is 3.50. The maximum Gasteiger partial charge on any atom is 0.261 e. The van der Waals surface area contributed by atoms with E-state index < -0.39 is 0 Å². The molecule has 1 saturated heterocycles. The number of rotatable bonds is 4. The summed E-state index contributed by atoms with van der Waals surface area (Å²) in [7, 11) is 0. The number of carbonyl (C=O) groups is 1. The Morgan fingerprint density at radius 2 is 2.25 bits per heavy atom. The summed E-state index contributed by atoms with van der Waals surface area (Å²) in [6, 6.07) is 8.71. The van der Waals surface area contributed by atoms with Crippen LogP contribution in [0.3, 0.4) is 0 Å². The molecule has 0 saturated carbocycles. The monoisotopic (exact) mass is 365 g/mol. The number of hydrogen-bond donors (Lipinski definition) is 1. The third-order valence-corrected chi connectivity index (χ3v) is 4.42. The predicted octanol–water partition coefficient (Wildman–Crippen LogP) is 2.94. The van der Waals surface area contributed by atoms with E-state index in [0.29, 0.717) is 28.9 Å². The minimum Gasteiger partial charge on any atom is -0.482 e. The second-order valence-corrected chi connectivity index (χ2v) is 6.30. The number of nitrogens with zero attached hydrogens (tertiary/aromatic N) is 2. The van der Waals surface area contributed by atoms with Crippen molar-refractivity contribution in [1.82, 2.24) is 15.2 Å². The molecule has 1 aromatic carbocycles. The van der Waals surface area contributed by atoms with Crippen LogP contribution in [0.2, 0.25) is 10.0 Å². The van der Waals surface area contributed by atoms with E-state index in [1.807, 2.05) is 17.0 Å². The summed E-state index contributed by atoms with van der Waals surface area (Å²) in [4.78, 5) is 18.6. The molecule has 24 heavy (non-hydrogen) atoms. The molecule has 1 fully saturated rings. The zero-order valence-corrected chi connectivity index (χ0v) is 14.4. The first-order valence-electron chi connectivity index (χ1n) is 7.63. The van der Waals surface area contributed by atoms with Gasteiger partial charge in [0.1, 0.15) is 5.75 Å². The summed E-state index contributed by atoms with van der Waals surface area (Å²) in [5, 5.41) is 4.25. The van der Waals surface area contributed by atoms with Crippen molar-refractivity contribution < 1.29 is 9.53 Å². The second-order valence-electron chi connectivity index (χ2n) is 5.46. The fourth-order valence-electron chi connectivity index (χ4n) is 2.68. The lowest BCUT2D eigenvalue weighted by Gasteiger charge is -2.36. The van der Waals surface area contributed by atoms with Crippen LogP contribution in [0.1, 0.15) is 11.6 Å². The molecule has 0 bridgehead atoms. The summed E-state index contributed by atoms with van der Waals surface area (Å²) in [6.45, 7) is 1.97. The van der Waals surface area contributed by atoms with E-state index in [4.69, 9.17) is 27.9 Å². The molecule has 0 radical (unpaired) electrons. The SMILES string of the molecule is O=C(COc1cc(Cl)ccc1Cl)N1CCNCC1c1cccnc1. The second kappa shape index (κ2) is 7.83. The Morgan fingerprint density at radius 3 is 3.04 bits per heavy atom. The van der Waals surface area contributed by atoms with Crippen molar-refractivity contribution in [3.05, 3.63) is 58.3 Å². The number of benzene rings is 1. The molecule has 3 rings (SSSR count). The Kier molecular flexibility index (Phi) is 5.56. The first-order chi connectivity index (χ1) is 11.6. The molecular formula is C17H17Cl2N3O2. The number of hydrogen-bond acceptors (Lipinski definition) is 4. The van der Waals surface area contributed by atoms with E-state index in [9.17, 15) is 4.79 Å². The normalized spacial score (nSPS) is 17.6. The van der Waals surface area contributed by atoms with Gasteiger partial charge in [0.15, 0.2) is 6.61 Å². The van der Waals surface area contributed by atoms with Crippen molar-refractivity contribution >= 4 is 29.1 Å². The van der Waals surface area contributed by atoms with Crippen molar-refractivity contribution in [1.29, 1.82) is 0 Å². The van der Waals surface area contributed by atoms with Gasteiger partial charge in [0, 0.05) is 43.1 Å². The third-order valence-electron chi connectivity index (χ3n) is 3.88. The van der Waals surface area contributed by atoms with Gasteiger partial charge in [0.05, 0.1) is 11.1 Å². The molecular weight excluding hydrogens is 349 g/mol. The van der Waals surface area contributed by atoms with Gasteiger partial charge < -0.3 is 15.0 Å². The summed E-state index contributed by atoms with van der Waals surface area (Å²) < 4.78 is 5.57. The number of amides is 1. The van der Waals surface area contributed by atoms with Crippen LogP contribution in [0.4, 0.5) is 0 Å². The minimum absolute atomic E-state index is 0.0571. The van der Waals surface area contributed by atoms with Crippen molar-refractivity contribution in [2.24, 2.45) is 0 Å². The van der Waals surface area contributed by atoms with Gasteiger partial charge in [-0.25, -0.2) is 0 Å². The molecule has 1 unspecified atom stereocenters. The van der Waals surface area contributed by atoms with E-state index in [1.165, 1.54) is 0 Å². The minimum atomic E-state index is -0.0959. The Balaban J connectivity index is 1.69. The Labute approximate surface area is 150 Å². The van der Waals surface area contributed by atoms with Crippen LogP contribution in [-0.2, 0) is 4.79 Å². The lowest BCUT2D eigenvalue weighted by atomic mass is 10.1. The van der Waals surface area contributed by atoms with Gasteiger partial charge in [-0.2, -0.15) is 0 Å². The Bertz CT molecular complexity index is 712. The van der Waals surface area contributed by atoms with Crippen LogP contribution in [0.25, 0.3) is 0 Å². The van der Waals surface area contributed by atoms with Crippen molar-refractivity contribution in [3.63, 3.8) is 0 Å². The number of carbonyl (C=O) groups excluding carboxylic acids is 1. The highest BCUT2D eigenvalue weighted by atomic mass is 35.5. The average Bonchev–Trinajstić information content (AvgIpc) is 2.63. The topological polar surface area (TPSA) is 54.5 Å².